The van der Waals surface area contributed by atoms with Crippen LogP contribution in [0.3, 0.4) is 0 Å². The van der Waals surface area contributed by atoms with Crippen molar-refractivity contribution in [3.8, 4) is 22.7 Å². The van der Waals surface area contributed by atoms with Crippen LogP contribution in [0, 0.1) is 0 Å². The monoisotopic (exact) mass is 327 g/mol. The molecule has 2 nitrogen and oxygen atoms in total. The van der Waals surface area contributed by atoms with Crippen molar-refractivity contribution < 1.29 is 4.74 Å². The minimum atomic E-state index is 0.871. The van der Waals surface area contributed by atoms with Gasteiger partial charge < -0.3 is 9.30 Å². The first kappa shape index (κ1) is 13.0. The lowest BCUT2D eigenvalue weighted by molar-refractivity contribution is 0.415. The normalized spacial score (nSPS) is 10.5. The van der Waals surface area contributed by atoms with Gasteiger partial charge in [-0.15, -0.1) is 0 Å². The molecule has 3 heteroatoms. The molecule has 1 aromatic heterocycles. The van der Waals surface area contributed by atoms with Crippen LogP contribution in [0.15, 0.2) is 71.3 Å². The molecule has 0 saturated carbocycles. The number of aromatic nitrogens is 1. The first-order valence-electron chi connectivity index (χ1n) is 6.35. The minimum absolute atomic E-state index is 0.871. The standard InChI is InChI=1S/C17H14BrNO/c1-20-16-10-4-13(5-11-16)17-3-2-12-19(17)15-8-6-14(18)7-9-15/h2-12H,1H3. The molecular weight excluding hydrogens is 314 g/mol. The third-order valence-corrected chi connectivity index (χ3v) is 3.77. The highest BCUT2D eigenvalue weighted by atomic mass is 79.9. The molecule has 3 aromatic rings. The molecule has 3 rings (SSSR count). The molecule has 0 fully saturated rings. The highest BCUT2D eigenvalue weighted by Crippen LogP contribution is 2.26. The number of rotatable bonds is 3. The Morgan fingerprint density at radius 2 is 1.60 bits per heavy atom. The smallest absolute Gasteiger partial charge is 0.118 e. The summed E-state index contributed by atoms with van der Waals surface area (Å²) in [4.78, 5) is 0. The van der Waals surface area contributed by atoms with E-state index in [0.29, 0.717) is 0 Å². The molecule has 0 aliphatic carbocycles. The molecule has 0 aliphatic rings. The lowest BCUT2D eigenvalue weighted by Gasteiger charge is -2.10. The van der Waals surface area contributed by atoms with Crippen LogP contribution in [0.1, 0.15) is 0 Å². The van der Waals surface area contributed by atoms with Gasteiger partial charge >= 0.3 is 0 Å². The summed E-state index contributed by atoms with van der Waals surface area (Å²) in [6.45, 7) is 0. The van der Waals surface area contributed by atoms with Crippen molar-refractivity contribution in [1.82, 2.24) is 4.57 Å². The fourth-order valence-corrected chi connectivity index (χ4v) is 2.47. The zero-order chi connectivity index (χ0) is 13.9. The quantitative estimate of drug-likeness (QED) is 0.666. The summed E-state index contributed by atoms with van der Waals surface area (Å²) in [5.41, 5.74) is 3.47. The third kappa shape index (κ3) is 2.49. The van der Waals surface area contributed by atoms with Crippen LogP contribution in [-0.2, 0) is 0 Å². The van der Waals surface area contributed by atoms with E-state index in [1.807, 2.05) is 24.3 Å². The molecule has 0 N–H and O–H groups in total. The van der Waals surface area contributed by atoms with E-state index in [-0.39, 0.29) is 0 Å². The highest BCUT2D eigenvalue weighted by molar-refractivity contribution is 9.10. The average molecular weight is 328 g/mol. The Morgan fingerprint density at radius 1 is 0.900 bits per heavy atom. The molecule has 0 radical (unpaired) electrons. The van der Waals surface area contributed by atoms with E-state index in [9.17, 15) is 0 Å². The van der Waals surface area contributed by atoms with Crippen molar-refractivity contribution in [2.24, 2.45) is 0 Å². The lowest BCUT2D eigenvalue weighted by Crippen LogP contribution is -1.94. The molecule has 20 heavy (non-hydrogen) atoms. The second kappa shape index (κ2) is 5.55. The Hall–Kier alpha value is -2.00. The second-order valence-corrected chi connectivity index (χ2v) is 5.38. The Bertz CT molecular complexity index is 699. The van der Waals surface area contributed by atoms with Crippen molar-refractivity contribution in [1.29, 1.82) is 0 Å². The van der Waals surface area contributed by atoms with Gasteiger partial charge in [0.25, 0.3) is 0 Å². The van der Waals surface area contributed by atoms with Gasteiger partial charge in [0.05, 0.1) is 12.8 Å². The molecule has 100 valence electrons. The van der Waals surface area contributed by atoms with Crippen molar-refractivity contribution in [2.75, 3.05) is 7.11 Å². The number of nitrogens with zero attached hydrogens (tertiary/aromatic N) is 1. The van der Waals surface area contributed by atoms with Crippen molar-refractivity contribution in [3.63, 3.8) is 0 Å². The lowest BCUT2D eigenvalue weighted by atomic mass is 10.1. The van der Waals surface area contributed by atoms with Gasteiger partial charge in [0.15, 0.2) is 0 Å². The van der Waals surface area contributed by atoms with E-state index in [1.165, 1.54) is 5.56 Å². The highest BCUT2D eigenvalue weighted by Gasteiger charge is 2.06. The van der Waals surface area contributed by atoms with Crippen LogP contribution in [0.5, 0.6) is 5.75 Å². The number of methoxy groups -OCH3 is 1. The molecule has 0 spiro atoms. The van der Waals surface area contributed by atoms with E-state index < -0.39 is 0 Å². The summed E-state index contributed by atoms with van der Waals surface area (Å²) in [5, 5.41) is 0. The molecule has 1 heterocycles. The predicted molar refractivity (Wildman–Crippen MR) is 85.5 cm³/mol. The molecular formula is C17H14BrNO. The topological polar surface area (TPSA) is 14.2 Å². The van der Waals surface area contributed by atoms with E-state index in [4.69, 9.17) is 4.74 Å². The zero-order valence-electron chi connectivity index (χ0n) is 11.1. The molecule has 2 aromatic carbocycles. The summed E-state index contributed by atoms with van der Waals surface area (Å²) >= 11 is 3.46. The number of halogens is 1. The van der Waals surface area contributed by atoms with Crippen molar-refractivity contribution >= 4 is 15.9 Å². The van der Waals surface area contributed by atoms with Gasteiger partial charge in [0, 0.05) is 16.4 Å². The van der Waals surface area contributed by atoms with Crippen LogP contribution >= 0.6 is 15.9 Å². The molecule has 0 aliphatic heterocycles. The molecule has 0 unspecified atom stereocenters. The summed E-state index contributed by atoms with van der Waals surface area (Å²) < 4.78 is 8.46. The summed E-state index contributed by atoms with van der Waals surface area (Å²) in [6.07, 6.45) is 2.07. The fraction of sp³-hybridized carbons (Fsp3) is 0.0588. The molecule has 0 bridgehead atoms. The number of hydrogen-bond donors (Lipinski definition) is 0. The third-order valence-electron chi connectivity index (χ3n) is 3.24. The second-order valence-electron chi connectivity index (χ2n) is 4.47. The van der Waals surface area contributed by atoms with Gasteiger partial charge in [-0.25, -0.2) is 0 Å². The number of hydrogen-bond acceptors (Lipinski definition) is 1. The van der Waals surface area contributed by atoms with Gasteiger partial charge in [0.2, 0.25) is 0 Å². The average Bonchev–Trinajstić information content (AvgIpc) is 2.97. The first-order chi connectivity index (χ1) is 9.78. The van der Waals surface area contributed by atoms with Crippen molar-refractivity contribution in [3.05, 3.63) is 71.3 Å². The minimum Gasteiger partial charge on any atom is -0.497 e. The van der Waals surface area contributed by atoms with Gasteiger partial charge in [-0.3, -0.25) is 0 Å². The zero-order valence-corrected chi connectivity index (χ0v) is 12.7. The number of benzene rings is 2. The molecule has 0 amide bonds. The van der Waals surface area contributed by atoms with Gasteiger partial charge in [0.1, 0.15) is 5.75 Å². The van der Waals surface area contributed by atoms with Gasteiger partial charge in [-0.1, -0.05) is 15.9 Å². The maximum atomic E-state index is 5.20. The van der Waals surface area contributed by atoms with Gasteiger partial charge in [-0.05, 0) is 66.2 Å². The van der Waals surface area contributed by atoms with E-state index >= 15 is 0 Å². The Labute approximate surface area is 126 Å². The molecule has 0 atom stereocenters. The predicted octanol–water partition coefficient (Wildman–Crippen LogP) is 4.92. The van der Waals surface area contributed by atoms with Crippen molar-refractivity contribution in [2.45, 2.75) is 0 Å². The van der Waals surface area contributed by atoms with E-state index in [2.05, 4.69) is 63.1 Å². The van der Waals surface area contributed by atoms with E-state index in [0.717, 1.165) is 21.6 Å². The van der Waals surface area contributed by atoms with Crippen LogP contribution in [-0.4, -0.2) is 11.7 Å². The SMILES string of the molecule is COc1ccc(-c2cccn2-c2ccc(Br)cc2)cc1. The number of ether oxygens (including phenoxy) is 1. The Kier molecular flexibility index (Phi) is 3.61. The van der Waals surface area contributed by atoms with E-state index in [1.54, 1.807) is 7.11 Å². The molecule has 0 saturated heterocycles. The van der Waals surface area contributed by atoms with Crippen LogP contribution in [0.2, 0.25) is 0 Å². The Morgan fingerprint density at radius 3 is 2.25 bits per heavy atom. The summed E-state index contributed by atoms with van der Waals surface area (Å²) in [7, 11) is 1.68. The maximum Gasteiger partial charge on any atom is 0.118 e. The Balaban J connectivity index is 2.02. The largest absolute Gasteiger partial charge is 0.497 e. The van der Waals surface area contributed by atoms with Gasteiger partial charge in [-0.2, -0.15) is 0 Å². The summed E-state index contributed by atoms with van der Waals surface area (Å²) in [5.74, 6) is 0.871. The summed E-state index contributed by atoms with van der Waals surface area (Å²) in [6, 6.07) is 20.6. The fourth-order valence-electron chi connectivity index (χ4n) is 2.20. The maximum absolute atomic E-state index is 5.20. The van der Waals surface area contributed by atoms with Crippen LogP contribution < -0.4 is 4.74 Å². The first-order valence-corrected chi connectivity index (χ1v) is 7.15. The van der Waals surface area contributed by atoms with Crippen LogP contribution in [0.4, 0.5) is 0 Å². The van der Waals surface area contributed by atoms with Crippen LogP contribution in [0.25, 0.3) is 16.9 Å².